The number of fused-ring (bicyclic) bond motifs is 2. The van der Waals surface area contributed by atoms with Gasteiger partial charge in [-0.1, -0.05) is 0 Å². The summed E-state index contributed by atoms with van der Waals surface area (Å²) < 4.78 is 1.23. The third-order valence-corrected chi connectivity index (χ3v) is 41.8. The van der Waals surface area contributed by atoms with Gasteiger partial charge in [-0.3, -0.25) is 0 Å². The zero-order chi connectivity index (χ0) is 35.8. The molecular formula is C48H61HfSi. The quantitative estimate of drug-likeness (QED) is 0.132. The summed E-state index contributed by atoms with van der Waals surface area (Å²) in [4.78, 5) is 0. The number of hydrogen-bond acceptors (Lipinski definition) is 0. The summed E-state index contributed by atoms with van der Waals surface area (Å²) >= 11 is -2.58. The molecule has 0 aromatic heterocycles. The van der Waals surface area contributed by atoms with Gasteiger partial charge in [-0.2, -0.15) is 0 Å². The molecule has 0 fully saturated rings. The van der Waals surface area contributed by atoms with Gasteiger partial charge in [-0.05, 0) is 0 Å². The summed E-state index contributed by atoms with van der Waals surface area (Å²) in [5.41, 5.74) is 18.9. The van der Waals surface area contributed by atoms with Crippen molar-refractivity contribution in [2.75, 3.05) is 0 Å². The summed E-state index contributed by atoms with van der Waals surface area (Å²) in [6.45, 7) is 25.0. The zero-order valence-corrected chi connectivity index (χ0v) is 37.5. The molecule has 0 saturated carbocycles. The van der Waals surface area contributed by atoms with Gasteiger partial charge in [0, 0.05) is 0 Å². The molecule has 4 aromatic rings. The first kappa shape index (κ1) is 37.2. The van der Waals surface area contributed by atoms with Crippen LogP contribution in [-0.4, -0.2) is 5.98 Å². The molecule has 2 aliphatic carbocycles. The van der Waals surface area contributed by atoms with Crippen molar-refractivity contribution in [2.24, 2.45) is 10.8 Å². The molecule has 6 rings (SSSR count). The molecule has 0 N–H and O–H groups in total. The molecular weight excluding hydrogens is 783 g/mol. The fourth-order valence-corrected chi connectivity index (χ4v) is 42.3. The molecule has 0 amide bonds. The van der Waals surface area contributed by atoms with Crippen LogP contribution in [0.25, 0.3) is 34.4 Å². The van der Waals surface area contributed by atoms with Crippen molar-refractivity contribution in [1.29, 1.82) is 0 Å². The number of benzene rings is 4. The molecule has 2 atom stereocenters. The molecule has 0 aliphatic heterocycles. The molecule has 4 aromatic carbocycles. The number of rotatable bonds is 11. The number of aryl methyl sites for hydroxylation is 2. The molecule has 261 valence electrons. The van der Waals surface area contributed by atoms with Crippen molar-refractivity contribution in [3.63, 3.8) is 0 Å². The van der Waals surface area contributed by atoms with E-state index in [2.05, 4.69) is 166 Å². The van der Waals surface area contributed by atoms with Crippen LogP contribution >= 0.6 is 0 Å². The second-order valence-corrected chi connectivity index (χ2v) is 45.3. The maximum atomic E-state index is 2.73. The van der Waals surface area contributed by atoms with Gasteiger partial charge in [-0.25, -0.2) is 0 Å². The molecule has 0 nitrogen and oxygen atoms in total. The van der Waals surface area contributed by atoms with E-state index in [0.29, 0.717) is 7.35 Å². The van der Waals surface area contributed by atoms with Crippen molar-refractivity contribution >= 4 is 18.1 Å². The molecule has 0 bridgehead atoms. The fraction of sp³-hybridized carbons (Fsp3) is 0.417. The van der Waals surface area contributed by atoms with Crippen molar-refractivity contribution in [2.45, 2.75) is 114 Å². The summed E-state index contributed by atoms with van der Waals surface area (Å²) in [7, 11) is 0. The first-order chi connectivity index (χ1) is 23.9. The van der Waals surface area contributed by atoms with Crippen LogP contribution in [0.1, 0.15) is 122 Å². The van der Waals surface area contributed by atoms with E-state index in [1.165, 1.54) is 70.2 Å². The van der Waals surface area contributed by atoms with E-state index in [1.807, 2.05) is 0 Å². The maximum absolute atomic E-state index is 2.73. The van der Waals surface area contributed by atoms with Crippen LogP contribution in [-0.2, 0) is 33.4 Å². The Kier molecular flexibility index (Phi) is 11.3. The van der Waals surface area contributed by atoms with Crippen molar-refractivity contribution < 1.29 is 20.6 Å². The van der Waals surface area contributed by atoms with Crippen LogP contribution in [0, 0.1) is 10.8 Å². The van der Waals surface area contributed by atoms with E-state index >= 15 is 0 Å². The normalized spacial score (nSPS) is 17.1. The van der Waals surface area contributed by atoms with Crippen molar-refractivity contribution in [3.05, 3.63) is 129 Å². The molecule has 2 unspecified atom stereocenters. The van der Waals surface area contributed by atoms with Gasteiger partial charge in [0.25, 0.3) is 0 Å². The predicted molar refractivity (Wildman–Crippen MR) is 220 cm³/mol. The van der Waals surface area contributed by atoms with Crippen LogP contribution in [0.4, 0.5) is 0 Å². The standard InChI is InChI=1S/2C23H27.C2H7Si.Hf/c2*1-5-6-10-17-11-7-8-13-20(17)21-14-9-12-18-15-19(16-22(18)21)23(2,3)4;1-3-2;/h2*7-9,11-16H,5-6,10H2,1-4H3;3H,1-2H3;. The Bertz CT molecular complexity index is 1760. The van der Waals surface area contributed by atoms with Crippen LogP contribution in [0.2, 0.25) is 13.1 Å². The van der Waals surface area contributed by atoms with Gasteiger partial charge in [0.05, 0.1) is 0 Å². The van der Waals surface area contributed by atoms with Gasteiger partial charge in [0.15, 0.2) is 0 Å². The average molecular weight is 845 g/mol. The van der Waals surface area contributed by atoms with Crippen LogP contribution in [0.5, 0.6) is 0 Å². The van der Waals surface area contributed by atoms with Gasteiger partial charge in [0.1, 0.15) is 0 Å². The van der Waals surface area contributed by atoms with E-state index < -0.39 is 26.6 Å². The van der Waals surface area contributed by atoms with Gasteiger partial charge in [0.2, 0.25) is 0 Å². The number of allylic oxidation sites excluding steroid dienone is 2. The van der Waals surface area contributed by atoms with Gasteiger partial charge < -0.3 is 0 Å². The Balaban J connectivity index is 1.55. The third kappa shape index (κ3) is 7.23. The Hall–Kier alpha value is -2.55. The van der Waals surface area contributed by atoms with Crippen molar-refractivity contribution in [3.8, 4) is 22.3 Å². The summed E-state index contributed by atoms with van der Waals surface area (Å²) in [5.74, 6) is -1.03. The second-order valence-electron chi connectivity index (χ2n) is 17.4. The first-order valence-corrected chi connectivity index (χ1v) is 32.9. The fourth-order valence-electron chi connectivity index (χ4n) is 8.86. The Morgan fingerprint density at radius 1 is 0.520 bits per heavy atom. The summed E-state index contributed by atoms with van der Waals surface area (Å²) in [5, 5.41) is 0. The molecule has 0 heterocycles. The van der Waals surface area contributed by atoms with Crippen LogP contribution < -0.4 is 0 Å². The van der Waals surface area contributed by atoms with Crippen LogP contribution in [0.15, 0.2) is 96.1 Å². The molecule has 2 aliphatic rings. The second kappa shape index (κ2) is 15.2. The first-order valence-electron chi connectivity index (χ1n) is 19.6. The van der Waals surface area contributed by atoms with Gasteiger partial charge in [-0.15, -0.1) is 0 Å². The minimum absolute atomic E-state index is 0.120. The SMILES string of the molecule is CCCCc1ccccc1-c1cccc2c1C=C(C(C)(C)C)[CH]2[Hf]([CH]1C(C(C)(C)C)=Cc2c(-c3ccccc3CCCC)cccc21)[SiH](C)C. The summed E-state index contributed by atoms with van der Waals surface area (Å²) in [6, 6.07) is 33.3. The Labute approximate surface area is 313 Å². The zero-order valence-electron chi connectivity index (χ0n) is 32.7. The average Bonchev–Trinajstić information content (AvgIpc) is 3.67. The molecule has 0 radical (unpaired) electrons. The monoisotopic (exact) mass is 845 g/mol. The molecule has 50 heavy (non-hydrogen) atoms. The number of unbranched alkanes of at least 4 members (excludes halogenated alkanes) is 2. The Morgan fingerprint density at radius 3 is 1.26 bits per heavy atom. The molecule has 0 spiro atoms. The Morgan fingerprint density at radius 2 is 0.900 bits per heavy atom. The van der Waals surface area contributed by atoms with Gasteiger partial charge >= 0.3 is 316 Å². The van der Waals surface area contributed by atoms with E-state index in [0.717, 1.165) is 12.8 Å². The summed E-state index contributed by atoms with van der Waals surface area (Å²) in [6.07, 6.45) is 12.6. The van der Waals surface area contributed by atoms with Crippen LogP contribution in [0.3, 0.4) is 0 Å². The topological polar surface area (TPSA) is 0 Å². The van der Waals surface area contributed by atoms with Crippen molar-refractivity contribution in [1.82, 2.24) is 0 Å². The number of hydrogen-bond donors (Lipinski definition) is 0. The molecule has 2 heteroatoms. The van der Waals surface area contributed by atoms with E-state index in [9.17, 15) is 0 Å². The van der Waals surface area contributed by atoms with E-state index in [4.69, 9.17) is 0 Å². The third-order valence-electron chi connectivity index (χ3n) is 11.4. The minimum atomic E-state index is -2.58. The van der Waals surface area contributed by atoms with E-state index in [1.54, 1.807) is 22.3 Å². The predicted octanol–water partition coefficient (Wildman–Crippen LogP) is 14.0. The van der Waals surface area contributed by atoms with E-state index in [-0.39, 0.29) is 10.8 Å². The molecule has 0 saturated heterocycles.